The van der Waals surface area contributed by atoms with Crippen molar-refractivity contribution in [3.05, 3.63) is 0 Å². The van der Waals surface area contributed by atoms with E-state index in [1.165, 1.54) is 51.0 Å². The smallest absolute Gasteiger partial charge is 0.307 e. The number of hydrogen-bond acceptors (Lipinski definition) is 2. The Balaban J connectivity index is 2.36. The summed E-state index contributed by atoms with van der Waals surface area (Å²) in [5, 5.41) is 0. The van der Waals surface area contributed by atoms with Gasteiger partial charge in [-0.05, 0) is 32.1 Å². The van der Waals surface area contributed by atoms with Gasteiger partial charge in [0.25, 0.3) is 0 Å². The minimum absolute atomic E-state index is 0.928. The van der Waals surface area contributed by atoms with E-state index >= 15 is 0 Å². The molecule has 1 atom stereocenters. The first-order chi connectivity index (χ1) is 7.60. The van der Waals surface area contributed by atoms with Gasteiger partial charge in [-0.1, -0.05) is 38.5 Å². The van der Waals surface area contributed by atoms with Crippen LogP contribution in [0.1, 0.15) is 44.9 Å². The lowest BCUT2D eigenvalue weighted by Gasteiger charge is -2.26. The van der Waals surface area contributed by atoms with Crippen molar-refractivity contribution in [2.45, 2.75) is 70.6 Å². The summed E-state index contributed by atoms with van der Waals surface area (Å²) < 4.78 is 12.0. The monoisotopic (exact) mass is 260 g/mol. The Morgan fingerprint density at radius 3 is 2.12 bits per heavy atom. The molecule has 0 aromatic heterocycles. The van der Waals surface area contributed by atoms with Crippen LogP contribution in [-0.2, 0) is 8.54 Å². The Morgan fingerprint density at radius 2 is 1.44 bits per heavy atom. The lowest BCUT2D eigenvalue weighted by Crippen LogP contribution is -2.38. The molecule has 0 aromatic carbocycles. The van der Waals surface area contributed by atoms with E-state index in [1.54, 1.807) is 0 Å². The highest BCUT2D eigenvalue weighted by Crippen LogP contribution is 2.19. The van der Waals surface area contributed by atoms with E-state index in [4.69, 9.17) is 8.54 Å². The molecule has 0 aromatic rings. The van der Waals surface area contributed by atoms with Crippen molar-refractivity contribution in [3.8, 4) is 0 Å². The molecule has 1 saturated heterocycles. The quantitative estimate of drug-likeness (QED) is 0.617. The molecule has 0 radical (unpaired) electrons. The van der Waals surface area contributed by atoms with Gasteiger partial charge in [-0.2, -0.15) is 0 Å². The topological polar surface area (TPSA) is 18.5 Å². The number of rotatable bonds is 0. The maximum Gasteiger partial charge on any atom is 0.307 e. The van der Waals surface area contributed by atoms with Gasteiger partial charge in [-0.15, -0.1) is 0 Å². The van der Waals surface area contributed by atoms with Gasteiger partial charge >= 0.3 is 9.28 Å². The van der Waals surface area contributed by atoms with Gasteiger partial charge in [0.2, 0.25) is 0 Å². The molecule has 1 fully saturated rings. The molecule has 16 heavy (non-hydrogen) atoms. The Bertz CT molecular complexity index is 186. The van der Waals surface area contributed by atoms with E-state index in [-0.39, 0.29) is 0 Å². The molecule has 1 aliphatic rings. The fraction of sp³-hybridized carbons (Fsp3) is 1.00. The third kappa shape index (κ3) is 6.83. The second-order valence-electron chi connectivity index (χ2n) is 5.54. The maximum absolute atomic E-state index is 6.21. The zero-order chi connectivity index (χ0) is 11.9. The van der Waals surface area contributed by atoms with Crippen molar-refractivity contribution >= 4 is 17.6 Å². The van der Waals surface area contributed by atoms with Crippen LogP contribution in [0.4, 0.5) is 0 Å². The molecule has 0 amide bonds. The standard InChI is InChI=1S/C12H28O2Si2/c1-15-13-11-9-7-5-4-6-8-10-12-16(2,3)14-15/h15H,4-12H2,1-3H3. The van der Waals surface area contributed by atoms with Crippen LogP contribution >= 0.6 is 0 Å². The molecule has 96 valence electrons. The van der Waals surface area contributed by atoms with Crippen LogP contribution < -0.4 is 0 Å². The highest BCUT2D eigenvalue weighted by molar-refractivity contribution is 6.76. The van der Waals surface area contributed by atoms with E-state index in [9.17, 15) is 0 Å². The van der Waals surface area contributed by atoms with Crippen LogP contribution in [0.5, 0.6) is 0 Å². The highest BCUT2D eigenvalue weighted by atomic mass is 28.4. The van der Waals surface area contributed by atoms with Gasteiger partial charge in [-0.3, -0.25) is 0 Å². The average molecular weight is 261 g/mol. The number of hydrogen-bond donors (Lipinski definition) is 0. The fourth-order valence-electron chi connectivity index (χ4n) is 2.33. The predicted molar refractivity (Wildman–Crippen MR) is 74.7 cm³/mol. The Kier molecular flexibility index (Phi) is 6.88. The molecule has 0 aliphatic carbocycles. The van der Waals surface area contributed by atoms with Gasteiger partial charge in [0.05, 0.1) is 0 Å². The van der Waals surface area contributed by atoms with Crippen molar-refractivity contribution in [3.63, 3.8) is 0 Å². The largest absolute Gasteiger partial charge is 0.438 e. The fourth-order valence-corrected chi connectivity index (χ4v) is 8.27. The van der Waals surface area contributed by atoms with E-state index in [0.717, 1.165) is 6.61 Å². The Labute approximate surface area is 104 Å². The SMILES string of the molecule is C[SiH]1OCCCCCCCCC[Si](C)(C)O1. The second-order valence-corrected chi connectivity index (χ2v) is 12.0. The van der Waals surface area contributed by atoms with Crippen molar-refractivity contribution < 1.29 is 8.54 Å². The van der Waals surface area contributed by atoms with E-state index < -0.39 is 17.6 Å². The zero-order valence-corrected chi connectivity index (χ0v) is 13.4. The van der Waals surface area contributed by atoms with Gasteiger partial charge in [0.15, 0.2) is 8.32 Å². The zero-order valence-electron chi connectivity index (χ0n) is 11.3. The molecular formula is C12H28O2Si2. The van der Waals surface area contributed by atoms with Crippen molar-refractivity contribution in [2.75, 3.05) is 6.61 Å². The Hall–Kier alpha value is 0.354. The summed E-state index contributed by atoms with van der Waals surface area (Å²) in [7, 11) is -2.74. The molecular weight excluding hydrogens is 232 g/mol. The molecule has 0 spiro atoms. The lowest BCUT2D eigenvalue weighted by atomic mass is 10.1. The van der Waals surface area contributed by atoms with Crippen molar-refractivity contribution in [1.82, 2.24) is 0 Å². The molecule has 1 aliphatic heterocycles. The maximum atomic E-state index is 6.21. The van der Waals surface area contributed by atoms with Crippen LogP contribution in [0, 0.1) is 0 Å². The summed E-state index contributed by atoms with van der Waals surface area (Å²) in [6.07, 6.45) is 9.54. The first kappa shape index (κ1) is 14.4. The van der Waals surface area contributed by atoms with Crippen LogP contribution in [0.3, 0.4) is 0 Å². The average Bonchev–Trinajstić information content (AvgIpc) is 2.20. The van der Waals surface area contributed by atoms with Crippen LogP contribution in [0.2, 0.25) is 25.7 Å². The minimum Gasteiger partial charge on any atom is -0.438 e. The summed E-state index contributed by atoms with van der Waals surface area (Å²) in [5.41, 5.74) is 0. The molecule has 0 bridgehead atoms. The second kappa shape index (κ2) is 7.64. The molecule has 1 heterocycles. The third-order valence-electron chi connectivity index (χ3n) is 3.26. The van der Waals surface area contributed by atoms with Crippen LogP contribution in [-0.4, -0.2) is 24.2 Å². The molecule has 2 nitrogen and oxygen atoms in total. The van der Waals surface area contributed by atoms with E-state index in [2.05, 4.69) is 19.6 Å². The molecule has 0 saturated carbocycles. The summed E-state index contributed by atoms with van der Waals surface area (Å²) in [6, 6.07) is 1.31. The van der Waals surface area contributed by atoms with Crippen molar-refractivity contribution in [1.29, 1.82) is 0 Å². The van der Waals surface area contributed by atoms with Gasteiger partial charge < -0.3 is 8.54 Å². The molecule has 4 heteroatoms. The van der Waals surface area contributed by atoms with Gasteiger partial charge in [-0.25, -0.2) is 0 Å². The first-order valence-corrected chi connectivity index (χ1v) is 12.1. The molecule has 1 rings (SSSR count). The predicted octanol–water partition coefficient (Wildman–Crippen LogP) is 3.82. The summed E-state index contributed by atoms with van der Waals surface area (Å²) >= 11 is 0. The lowest BCUT2D eigenvalue weighted by molar-refractivity contribution is 0.260. The Morgan fingerprint density at radius 1 is 0.875 bits per heavy atom. The van der Waals surface area contributed by atoms with Gasteiger partial charge in [0.1, 0.15) is 0 Å². The first-order valence-electron chi connectivity index (χ1n) is 6.90. The molecule has 1 unspecified atom stereocenters. The summed E-state index contributed by atoms with van der Waals surface area (Å²) in [4.78, 5) is 0. The highest BCUT2D eigenvalue weighted by Gasteiger charge is 2.25. The minimum atomic E-state index is -1.41. The third-order valence-corrected chi connectivity index (χ3v) is 9.40. The van der Waals surface area contributed by atoms with E-state index in [1.807, 2.05) is 0 Å². The van der Waals surface area contributed by atoms with Crippen LogP contribution in [0.25, 0.3) is 0 Å². The van der Waals surface area contributed by atoms with Crippen LogP contribution in [0.15, 0.2) is 0 Å². The van der Waals surface area contributed by atoms with Crippen molar-refractivity contribution in [2.24, 2.45) is 0 Å². The van der Waals surface area contributed by atoms with Gasteiger partial charge in [0, 0.05) is 6.61 Å². The van der Waals surface area contributed by atoms with E-state index in [0.29, 0.717) is 0 Å². The summed E-state index contributed by atoms with van der Waals surface area (Å²) in [5.74, 6) is 0. The summed E-state index contributed by atoms with van der Waals surface area (Å²) in [6.45, 7) is 7.81. The normalized spacial score (nSPS) is 29.8. The molecule has 0 N–H and O–H groups in total.